The van der Waals surface area contributed by atoms with Gasteiger partial charge in [0.25, 0.3) is 5.89 Å². The van der Waals surface area contributed by atoms with E-state index in [1.54, 1.807) is 92.8 Å². The van der Waals surface area contributed by atoms with Crippen molar-refractivity contribution in [3.63, 3.8) is 0 Å². The summed E-state index contributed by atoms with van der Waals surface area (Å²) in [5.41, 5.74) is 0.0983. The number of aryl methyl sites for hydroxylation is 1. The number of hydrogen-bond acceptors (Lipinski definition) is 12. The van der Waals surface area contributed by atoms with E-state index in [1.165, 1.54) is 18.3 Å². The number of amides is 2. The van der Waals surface area contributed by atoms with Gasteiger partial charge in [-0.2, -0.15) is 4.90 Å². The lowest BCUT2D eigenvalue weighted by atomic mass is 10.1. The quantitative estimate of drug-likeness (QED) is 0.198. The van der Waals surface area contributed by atoms with Crippen LogP contribution in [0.25, 0.3) is 34.3 Å². The zero-order valence-electron chi connectivity index (χ0n) is 28.1. The van der Waals surface area contributed by atoms with E-state index in [2.05, 4.69) is 15.2 Å². The summed E-state index contributed by atoms with van der Waals surface area (Å²) in [7, 11) is -1.95. The minimum absolute atomic E-state index is 0.122. The zero-order chi connectivity index (χ0) is 34.9. The van der Waals surface area contributed by atoms with Crippen LogP contribution in [-0.2, 0) is 19.3 Å². The van der Waals surface area contributed by atoms with Crippen LogP contribution in [0.4, 0.5) is 15.4 Å². The van der Waals surface area contributed by atoms with Crippen LogP contribution in [0.5, 0.6) is 5.75 Å². The van der Waals surface area contributed by atoms with Crippen LogP contribution in [0.1, 0.15) is 61.0 Å². The lowest BCUT2D eigenvalue weighted by Crippen LogP contribution is -2.44. The van der Waals surface area contributed by atoms with Gasteiger partial charge in [0, 0.05) is 11.1 Å². The van der Waals surface area contributed by atoms with Crippen LogP contribution in [0.3, 0.4) is 0 Å². The molecule has 0 saturated heterocycles. The molecule has 0 N–H and O–H groups in total. The second kappa shape index (κ2) is 13.1. The van der Waals surface area contributed by atoms with Crippen LogP contribution in [0.2, 0.25) is 0 Å². The molecule has 2 amide bonds. The number of hydrogen-bond donors (Lipinski definition) is 0. The minimum atomic E-state index is -3.51. The summed E-state index contributed by atoms with van der Waals surface area (Å²) in [6.07, 6.45) is -0.801. The smallest absolute Gasteiger partial charge is 0.425 e. The largest absolute Gasteiger partial charge is 0.497 e. The first-order valence-electron chi connectivity index (χ1n) is 14.8. The van der Waals surface area contributed by atoms with Crippen LogP contribution < -0.4 is 9.64 Å². The number of carbonyl (C=O) groups is 2. The van der Waals surface area contributed by atoms with Gasteiger partial charge in [-0.3, -0.25) is 0 Å². The Morgan fingerprint density at radius 2 is 1.45 bits per heavy atom. The van der Waals surface area contributed by atoms with E-state index >= 15 is 0 Å². The Hall–Kier alpha value is -4.85. The van der Waals surface area contributed by atoms with Crippen molar-refractivity contribution in [1.29, 1.82) is 0 Å². The SMILES string of the molecule is COc1ccc(-c2nnc(-c3nc(-c4ccc(S(=O)(=O)C(C)C)cc4)cnc3N(C(=O)OC(C)(C)C)C(=O)OC(C)(C)C)o2)c(C)c1. The molecule has 250 valence electrons. The molecule has 0 spiro atoms. The second-order valence-electron chi connectivity index (χ2n) is 12.9. The number of carbonyl (C=O) groups excluding carboxylic acids is 2. The van der Waals surface area contributed by atoms with Gasteiger partial charge in [0.05, 0.1) is 29.1 Å². The molecule has 0 aliphatic carbocycles. The first-order chi connectivity index (χ1) is 21.8. The zero-order valence-corrected chi connectivity index (χ0v) is 28.9. The predicted octanol–water partition coefficient (Wildman–Crippen LogP) is 7.04. The summed E-state index contributed by atoms with van der Waals surface area (Å²) in [4.78, 5) is 37.0. The number of rotatable bonds is 7. The molecule has 0 radical (unpaired) electrons. The highest BCUT2D eigenvalue weighted by atomic mass is 32.2. The van der Waals surface area contributed by atoms with E-state index in [4.69, 9.17) is 23.6 Å². The van der Waals surface area contributed by atoms with Crippen molar-refractivity contribution in [2.75, 3.05) is 12.0 Å². The maximum absolute atomic E-state index is 13.5. The molecular formula is C33H39N5O8S. The molecular weight excluding hydrogens is 626 g/mol. The van der Waals surface area contributed by atoms with Crippen LogP contribution in [0, 0.1) is 6.92 Å². The number of nitrogens with zero attached hydrogens (tertiary/aromatic N) is 5. The van der Waals surface area contributed by atoms with E-state index in [0.717, 1.165) is 5.56 Å². The molecule has 4 aromatic rings. The lowest BCUT2D eigenvalue weighted by Gasteiger charge is -2.28. The number of anilines is 1. The van der Waals surface area contributed by atoms with E-state index in [9.17, 15) is 18.0 Å². The highest BCUT2D eigenvalue weighted by Gasteiger charge is 2.37. The van der Waals surface area contributed by atoms with Gasteiger partial charge in [0.1, 0.15) is 17.0 Å². The Balaban J connectivity index is 1.91. The Kier molecular flexibility index (Phi) is 9.76. The molecule has 0 aliphatic rings. The van der Waals surface area contributed by atoms with E-state index in [0.29, 0.717) is 21.8 Å². The van der Waals surface area contributed by atoms with Gasteiger partial charge < -0.3 is 18.6 Å². The van der Waals surface area contributed by atoms with Crippen molar-refractivity contribution in [2.45, 2.75) is 83.7 Å². The van der Waals surface area contributed by atoms with Crippen molar-refractivity contribution < 1.29 is 36.6 Å². The third-order valence-electron chi connectivity index (χ3n) is 6.51. The Labute approximate surface area is 274 Å². The van der Waals surface area contributed by atoms with Gasteiger partial charge in [-0.05, 0) is 98.2 Å². The highest BCUT2D eigenvalue weighted by Crippen LogP contribution is 2.34. The van der Waals surface area contributed by atoms with Crippen LogP contribution >= 0.6 is 0 Å². The van der Waals surface area contributed by atoms with Gasteiger partial charge in [-0.25, -0.2) is 28.0 Å². The Morgan fingerprint density at radius 1 is 0.872 bits per heavy atom. The van der Waals surface area contributed by atoms with Crippen molar-refractivity contribution in [2.24, 2.45) is 0 Å². The van der Waals surface area contributed by atoms with Crippen molar-refractivity contribution in [1.82, 2.24) is 20.2 Å². The van der Waals surface area contributed by atoms with Crippen LogP contribution in [-0.4, -0.2) is 64.3 Å². The molecule has 13 nitrogen and oxygen atoms in total. The highest BCUT2D eigenvalue weighted by molar-refractivity contribution is 7.92. The molecule has 2 aromatic heterocycles. The van der Waals surface area contributed by atoms with Gasteiger partial charge in [0.2, 0.25) is 5.89 Å². The number of ether oxygens (including phenoxy) is 3. The van der Waals surface area contributed by atoms with Crippen molar-refractivity contribution in [3.05, 3.63) is 54.2 Å². The topological polar surface area (TPSA) is 164 Å². The molecule has 0 unspecified atom stereocenters. The maximum atomic E-state index is 13.5. The summed E-state index contributed by atoms with van der Waals surface area (Å²) in [6.45, 7) is 15.0. The summed E-state index contributed by atoms with van der Waals surface area (Å²) < 4.78 is 47.9. The van der Waals surface area contributed by atoms with Gasteiger partial charge in [0.15, 0.2) is 21.3 Å². The Morgan fingerprint density at radius 3 is 1.96 bits per heavy atom. The standard InChI is InChI=1S/C33H39N5O8S/c1-19(2)47(41,42)23-14-11-21(12-15-23)25-18-34-27(38(30(39)45-32(4,5)6)31(40)46-33(7,8)9)26(35-25)29-37-36-28(44-29)24-16-13-22(43-10)17-20(24)3/h11-19H,1-10H3. The Bertz CT molecular complexity index is 1860. The molecule has 0 atom stereocenters. The lowest BCUT2D eigenvalue weighted by molar-refractivity contribution is 0.0429. The fourth-order valence-electron chi connectivity index (χ4n) is 4.21. The monoisotopic (exact) mass is 665 g/mol. The first-order valence-corrected chi connectivity index (χ1v) is 16.3. The van der Waals surface area contributed by atoms with Gasteiger partial charge in [-0.1, -0.05) is 12.1 Å². The van der Waals surface area contributed by atoms with E-state index in [1.807, 2.05) is 6.92 Å². The van der Waals surface area contributed by atoms with Crippen molar-refractivity contribution >= 4 is 27.8 Å². The molecule has 2 heterocycles. The average molecular weight is 666 g/mol. The molecule has 0 saturated carbocycles. The predicted molar refractivity (Wildman–Crippen MR) is 175 cm³/mol. The fraction of sp³-hybridized carbons (Fsp3) is 0.394. The van der Waals surface area contributed by atoms with Gasteiger partial charge in [-0.15, -0.1) is 10.2 Å². The minimum Gasteiger partial charge on any atom is -0.497 e. The first kappa shape index (κ1) is 35.0. The van der Waals surface area contributed by atoms with Gasteiger partial charge >= 0.3 is 12.2 Å². The average Bonchev–Trinajstić information content (AvgIpc) is 3.45. The maximum Gasteiger partial charge on any atom is 0.425 e. The molecule has 0 aliphatic heterocycles. The summed E-state index contributed by atoms with van der Waals surface area (Å²) in [5, 5.41) is 7.80. The normalized spacial score (nSPS) is 12.1. The molecule has 0 bridgehead atoms. The number of benzene rings is 2. The second-order valence-corrected chi connectivity index (χ2v) is 15.4. The van der Waals surface area contributed by atoms with E-state index in [-0.39, 0.29) is 33.9 Å². The summed E-state index contributed by atoms with van der Waals surface area (Å²) in [6, 6.07) is 11.4. The molecule has 0 fully saturated rings. The van der Waals surface area contributed by atoms with Crippen molar-refractivity contribution in [3.8, 4) is 40.0 Å². The summed E-state index contributed by atoms with van der Waals surface area (Å²) in [5.74, 6) is 0.348. The molecule has 2 aromatic carbocycles. The van der Waals surface area contributed by atoms with Crippen LogP contribution in [0.15, 0.2) is 58.0 Å². The molecule has 14 heteroatoms. The third-order valence-corrected chi connectivity index (χ3v) is 8.68. The third kappa shape index (κ3) is 8.12. The number of aromatic nitrogens is 4. The number of imide groups is 1. The number of sulfone groups is 1. The number of methoxy groups -OCH3 is 1. The summed E-state index contributed by atoms with van der Waals surface area (Å²) >= 11 is 0. The molecule has 47 heavy (non-hydrogen) atoms. The fourth-order valence-corrected chi connectivity index (χ4v) is 5.27. The van der Waals surface area contributed by atoms with E-state index < -0.39 is 38.5 Å². The molecule has 4 rings (SSSR count).